The molecule has 3 nitrogen and oxygen atoms in total. The Morgan fingerprint density at radius 3 is 2.76 bits per heavy atom. The fourth-order valence-corrected chi connectivity index (χ4v) is 3.67. The van der Waals surface area contributed by atoms with Gasteiger partial charge in [-0.15, -0.1) is 0 Å². The quantitative estimate of drug-likeness (QED) is 0.679. The minimum Gasteiger partial charge on any atom is -0.376 e. The number of pyridine rings is 1. The lowest BCUT2D eigenvalue weighted by Crippen LogP contribution is -2.37. The van der Waals surface area contributed by atoms with Crippen LogP contribution in [0.3, 0.4) is 0 Å². The number of hydrogen-bond acceptors (Lipinski definition) is 3. The minimum absolute atomic E-state index is 0.568. The van der Waals surface area contributed by atoms with Crippen molar-refractivity contribution in [3.05, 3.63) is 72.4 Å². The first-order valence-electron chi connectivity index (χ1n) is 9.10. The number of aromatic nitrogens is 1. The van der Waals surface area contributed by atoms with Gasteiger partial charge in [-0.3, -0.25) is 0 Å². The first kappa shape index (κ1) is 16.1. The molecule has 1 unspecified atom stereocenters. The standard InChI is InChI=1S/C22H24N2O/c1-2-7-18(8-3-1)16-25-17-19-9-6-14-24(15-19)22-21-11-5-4-10-20(21)12-13-23-22/h1-5,7-8,10-13,19H,6,9,14-17H2. The van der Waals surface area contributed by atoms with Gasteiger partial charge < -0.3 is 9.64 Å². The Hall–Kier alpha value is -2.39. The molecule has 1 aliphatic rings. The normalized spacial score (nSPS) is 17.8. The van der Waals surface area contributed by atoms with Crippen LogP contribution in [0.2, 0.25) is 0 Å². The Labute approximate surface area is 149 Å². The number of benzene rings is 2. The van der Waals surface area contributed by atoms with E-state index in [1.54, 1.807) is 0 Å². The van der Waals surface area contributed by atoms with Gasteiger partial charge in [0.15, 0.2) is 0 Å². The number of rotatable bonds is 5. The number of ether oxygens (including phenoxy) is 1. The van der Waals surface area contributed by atoms with Gasteiger partial charge in [-0.1, -0.05) is 54.6 Å². The molecule has 0 N–H and O–H groups in total. The lowest BCUT2D eigenvalue weighted by molar-refractivity contribution is 0.0816. The maximum Gasteiger partial charge on any atom is 0.136 e. The molecular formula is C22H24N2O. The largest absolute Gasteiger partial charge is 0.376 e. The highest BCUT2D eigenvalue weighted by Crippen LogP contribution is 2.28. The summed E-state index contributed by atoms with van der Waals surface area (Å²) in [5, 5.41) is 2.51. The van der Waals surface area contributed by atoms with Crippen LogP contribution in [0.5, 0.6) is 0 Å². The zero-order valence-electron chi connectivity index (χ0n) is 14.5. The molecule has 25 heavy (non-hydrogen) atoms. The van der Waals surface area contributed by atoms with E-state index in [0.717, 1.165) is 25.5 Å². The number of anilines is 1. The molecule has 0 aliphatic carbocycles. The molecule has 0 saturated carbocycles. The van der Waals surface area contributed by atoms with Crippen molar-refractivity contribution in [2.45, 2.75) is 19.4 Å². The van der Waals surface area contributed by atoms with Crippen molar-refractivity contribution in [2.75, 3.05) is 24.6 Å². The fraction of sp³-hybridized carbons (Fsp3) is 0.318. The number of piperidine rings is 1. The molecule has 128 valence electrons. The van der Waals surface area contributed by atoms with Crippen LogP contribution in [0.1, 0.15) is 18.4 Å². The summed E-state index contributed by atoms with van der Waals surface area (Å²) in [5.41, 5.74) is 1.24. The molecule has 0 bridgehead atoms. The lowest BCUT2D eigenvalue weighted by Gasteiger charge is -2.34. The second kappa shape index (κ2) is 7.66. The van der Waals surface area contributed by atoms with Gasteiger partial charge in [-0.25, -0.2) is 4.98 Å². The number of fused-ring (bicyclic) bond motifs is 1. The van der Waals surface area contributed by atoms with E-state index < -0.39 is 0 Å². The monoisotopic (exact) mass is 332 g/mol. The second-order valence-electron chi connectivity index (χ2n) is 6.81. The molecule has 2 aromatic carbocycles. The Balaban J connectivity index is 1.40. The van der Waals surface area contributed by atoms with Crippen LogP contribution >= 0.6 is 0 Å². The molecular weight excluding hydrogens is 308 g/mol. The number of nitrogens with zero attached hydrogens (tertiary/aromatic N) is 2. The highest BCUT2D eigenvalue weighted by molar-refractivity contribution is 5.92. The van der Waals surface area contributed by atoms with Crippen LogP contribution < -0.4 is 4.90 Å². The third-order valence-corrected chi connectivity index (χ3v) is 4.94. The van der Waals surface area contributed by atoms with E-state index >= 15 is 0 Å². The molecule has 0 amide bonds. The summed E-state index contributed by atoms with van der Waals surface area (Å²) in [4.78, 5) is 7.11. The van der Waals surface area contributed by atoms with Crippen molar-refractivity contribution in [1.82, 2.24) is 4.98 Å². The molecule has 3 heteroatoms. The van der Waals surface area contributed by atoms with E-state index in [1.807, 2.05) is 12.3 Å². The molecule has 1 aromatic heterocycles. The zero-order chi connectivity index (χ0) is 16.9. The summed E-state index contributed by atoms with van der Waals surface area (Å²) in [6.45, 7) is 3.62. The van der Waals surface area contributed by atoms with E-state index in [-0.39, 0.29) is 0 Å². The van der Waals surface area contributed by atoms with E-state index in [4.69, 9.17) is 4.74 Å². The fourth-order valence-electron chi connectivity index (χ4n) is 3.67. The van der Waals surface area contributed by atoms with Gasteiger partial charge in [0.2, 0.25) is 0 Å². The summed E-state index contributed by atoms with van der Waals surface area (Å²) >= 11 is 0. The van der Waals surface area contributed by atoms with Gasteiger partial charge in [0.25, 0.3) is 0 Å². The van der Waals surface area contributed by atoms with E-state index in [0.29, 0.717) is 12.5 Å². The van der Waals surface area contributed by atoms with Crippen molar-refractivity contribution in [1.29, 1.82) is 0 Å². The highest BCUT2D eigenvalue weighted by atomic mass is 16.5. The summed E-state index contributed by atoms with van der Waals surface area (Å²) in [6.07, 6.45) is 4.35. The Bertz CT molecular complexity index is 813. The molecule has 0 radical (unpaired) electrons. The summed E-state index contributed by atoms with van der Waals surface area (Å²) < 4.78 is 5.98. The smallest absolute Gasteiger partial charge is 0.136 e. The van der Waals surface area contributed by atoms with Crippen LogP contribution in [0.15, 0.2) is 66.9 Å². The summed E-state index contributed by atoms with van der Waals surface area (Å²) in [6, 6.07) is 21.0. The van der Waals surface area contributed by atoms with Crippen molar-refractivity contribution in [3.8, 4) is 0 Å². The van der Waals surface area contributed by atoms with Crippen LogP contribution in [0.25, 0.3) is 10.8 Å². The van der Waals surface area contributed by atoms with Gasteiger partial charge in [-0.2, -0.15) is 0 Å². The van der Waals surface area contributed by atoms with Gasteiger partial charge in [-0.05, 0) is 35.8 Å². The second-order valence-corrected chi connectivity index (χ2v) is 6.81. The van der Waals surface area contributed by atoms with Gasteiger partial charge in [0, 0.05) is 24.7 Å². The first-order chi connectivity index (χ1) is 12.4. The molecule has 4 rings (SSSR count). The third-order valence-electron chi connectivity index (χ3n) is 4.94. The van der Waals surface area contributed by atoms with Crippen molar-refractivity contribution >= 4 is 16.6 Å². The number of hydrogen-bond donors (Lipinski definition) is 0. The van der Waals surface area contributed by atoms with Crippen LogP contribution in [0.4, 0.5) is 5.82 Å². The minimum atomic E-state index is 0.568. The van der Waals surface area contributed by atoms with E-state index in [9.17, 15) is 0 Å². The molecule has 1 saturated heterocycles. The first-order valence-corrected chi connectivity index (χ1v) is 9.10. The van der Waals surface area contributed by atoms with Gasteiger partial charge in [0.05, 0.1) is 13.2 Å². The van der Waals surface area contributed by atoms with Gasteiger partial charge in [0.1, 0.15) is 5.82 Å². The summed E-state index contributed by atoms with van der Waals surface area (Å²) in [7, 11) is 0. The summed E-state index contributed by atoms with van der Waals surface area (Å²) in [5.74, 6) is 1.68. The molecule has 3 aromatic rings. The Kier molecular flexibility index (Phi) is 4.93. The lowest BCUT2D eigenvalue weighted by atomic mass is 9.98. The predicted octanol–water partition coefficient (Wildman–Crippen LogP) is 4.67. The zero-order valence-corrected chi connectivity index (χ0v) is 14.5. The molecule has 0 spiro atoms. The predicted molar refractivity (Wildman–Crippen MR) is 103 cm³/mol. The van der Waals surface area contributed by atoms with Crippen LogP contribution in [-0.4, -0.2) is 24.7 Å². The van der Waals surface area contributed by atoms with Crippen molar-refractivity contribution < 1.29 is 4.74 Å². The van der Waals surface area contributed by atoms with Crippen LogP contribution in [-0.2, 0) is 11.3 Å². The molecule has 1 atom stereocenters. The molecule has 2 heterocycles. The van der Waals surface area contributed by atoms with Crippen LogP contribution in [0, 0.1) is 5.92 Å². The maximum absolute atomic E-state index is 5.98. The highest BCUT2D eigenvalue weighted by Gasteiger charge is 2.22. The Morgan fingerprint density at radius 2 is 1.84 bits per heavy atom. The molecule has 1 aliphatic heterocycles. The Morgan fingerprint density at radius 1 is 1.00 bits per heavy atom. The maximum atomic E-state index is 5.98. The average molecular weight is 332 g/mol. The SMILES string of the molecule is c1ccc(COCC2CCCN(c3nccc4ccccc34)C2)cc1. The van der Waals surface area contributed by atoms with Crippen molar-refractivity contribution in [3.63, 3.8) is 0 Å². The topological polar surface area (TPSA) is 25.4 Å². The van der Waals surface area contributed by atoms with E-state index in [1.165, 1.54) is 29.2 Å². The molecule has 1 fully saturated rings. The average Bonchev–Trinajstić information content (AvgIpc) is 2.69. The van der Waals surface area contributed by atoms with Gasteiger partial charge >= 0.3 is 0 Å². The third kappa shape index (κ3) is 3.83. The van der Waals surface area contributed by atoms with E-state index in [2.05, 4.69) is 64.5 Å². The van der Waals surface area contributed by atoms with Crippen molar-refractivity contribution in [2.24, 2.45) is 5.92 Å².